The quantitative estimate of drug-likeness (QED) is 0.321. The highest BCUT2D eigenvalue weighted by Crippen LogP contribution is 2.21. The molecule has 1 aromatic heterocycles. The van der Waals surface area contributed by atoms with Gasteiger partial charge in [-0.1, -0.05) is 43.7 Å². The summed E-state index contributed by atoms with van der Waals surface area (Å²) in [5.74, 6) is -1.68. The maximum atomic E-state index is 14.2. The Morgan fingerprint density at radius 3 is 2.61 bits per heavy atom. The van der Waals surface area contributed by atoms with Crippen molar-refractivity contribution in [3.8, 4) is 23.1 Å². The molecule has 0 unspecified atom stereocenters. The number of hydrogen-bond donors (Lipinski definition) is 2. The molecule has 9 heteroatoms. The summed E-state index contributed by atoms with van der Waals surface area (Å²) >= 11 is 0. The molecule has 0 radical (unpaired) electrons. The second kappa shape index (κ2) is 10.1. The molecule has 0 aliphatic heterocycles. The third-order valence-electron chi connectivity index (χ3n) is 4.26. The number of rotatable bonds is 8. The van der Waals surface area contributed by atoms with Crippen LogP contribution in [0.2, 0.25) is 0 Å². The van der Waals surface area contributed by atoms with E-state index in [1.54, 1.807) is 30.3 Å². The molecule has 0 atom stereocenters. The Bertz CT molecular complexity index is 1160. The zero-order chi connectivity index (χ0) is 22.2. The number of anilines is 1. The van der Waals surface area contributed by atoms with Crippen LogP contribution in [0.4, 0.5) is 14.7 Å². The van der Waals surface area contributed by atoms with E-state index >= 15 is 0 Å². The van der Waals surface area contributed by atoms with Gasteiger partial charge in [0.2, 0.25) is 5.95 Å². The molecule has 2 N–H and O–H groups in total. The van der Waals surface area contributed by atoms with E-state index in [0.717, 1.165) is 31.2 Å². The van der Waals surface area contributed by atoms with Gasteiger partial charge in [0.1, 0.15) is 29.0 Å². The molecule has 3 rings (SSSR count). The van der Waals surface area contributed by atoms with Gasteiger partial charge in [-0.05, 0) is 6.42 Å². The number of H-pyrrole nitrogens is 1. The zero-order valence-corrected chi connectivity index (χ0v) is 16.7. The largest absolute Gasteiger partial charge is 0.493 e. The third kappa shape index (κ3) is 5.30. The molecular formula is C22H19F2N5O2. The summed E-state index contributed by atoms with van der Waals surface area (Å²) in [5, 5.41) is 13.0. The van der Waals surface area contributed by atoms with Crippen LogP contribution in [-0.2, 0) is 0 Å². The molecule has 0 fully saturated rings. The zero-order valence-electron chi connectivity index (χ0n) is 16.7. The van der Waals surface area contributed by atoms with Gasteiger partial charge in [-0.15, -0.1) is 0 Å². The number of nitrogens with zero attached hydrogens (tertiary/aromatic N) is 3. The number of hydrazone groups is 1. The van der Waals surface area contributed by atoms with Crippen molar-refractivity contribution in [1.82, 2.24) is 9.97 Å². The third-order valence-corrected chi connectivity index (χ3v) is 4.26. The number of nitriles is 1. The van der Waals surface area contributed by atoms with Gasteiger partial charge in [-0.2, -0.15) is 10.4 Å². The van der Waals surface area contributed by atoms with Crippen molar-refractivity contribution in [1.29, 1.82) is 5.26 Å². The van der Waals surface area contributed by atoms with Crippen LogP contribution in [0.3, 0.4) is 0 Å². The molecule has 7 nitrogen and oxygen atoms in total. The molecule has 0 amide bonds. The van der Waals surface area contributed by atoms with Crippen molar-refractivity contribution in [2.45, 2.75) is 19.8 Å². The number of unbranched alkanes of at least 4 members (excludes halogenated alkanes) is 1. The minimum absolute atomic E-state index is 0.0839. The van der Waals surface area contributed by atoms with E-state index in [4.69, 9.17) is 4.74 Å². The summed E-state index contributed by atoms with van der Waals surface area (Å²) in [7, 11) is 0. The van der Waals surface area contributed by atoms with Gasteiger partial charge in [0.15, 0.2) is 0 Å². The van der Waals surface area contributed by atoms with Gasteiger partial charge < -0.3 is 4.74 Å². The number of nitrogens with one attached hydrogen (secondary N) is 2. The summed E-state index contributed by atoms with van der Waals surface area (Å²) < 4.78 is 33.8. The lowest BCUT2D eigenvalue weighted by Crippen LogP contribution is -2.16. The van der Waals surface area contributed by atoms with Crippen LogP contribution < -0.4 is 15.7 Å². The van der Waals surface area contributed by atoms with Crippen molar-refractivity contribution >= 4 is 12.2 Å². The number of halogens is 2. The first kappa shape index (κ1) is 21.6. The molecule has 0 aliphatic rings. The fourth-order valence-corrected chi connectivity index (χ4v) is 2.69. The Balaban J connectivity index is 1.82. The fraction of sp³-hybridized carbons (Fsp3) is 0.182. The smallest absolute Gasteiger partial charge is 0.270 e. The van der Waals surface area contributed by atoms with Crippen molar-refractivity contribution in [3.05, 3.63) is 75.6 Å². The van der Waals surface area contributed by atoms with Crippen molar-refractivity contribution in [2.75, 3.05) is 12.0 Å². The molecule has 3 aromatic rings. The Labute approximate surface area is 177 Å². The lowest BCUT2D eigenvalue weighted by molar-refractivity contribution is 0.306. The highest BCUT2D eigenvalue weighted by molar-refractivity contribution is 5.81. The minimum atomic E-state index is -0.844. The van der Waals surface area contributed by atoms with Crippen molar-refractivity contribution < 1.29 is 13.5 Å². The number of hydrogen-bond acceptors (Lipinski definition) is 6. The SMILES string of the molecule is CCCCOc1cc(F)c(C=NNc2nc(-c3ccccc3)c(C#N)c(=O)[nH]2)c(F)c1. The van der Waals surface area contributed by atoms with Gasteiger partial charge in [0.05, 0.1) is 24.1 Å². The first-order chi connectivity index (χ1) is 15.0. The van der Waals surface area contributed by atoms with E-state index in [9.17, 15) is 18.8 Å². The van der Waals surface area contributed by atoms with Crippen LogP contribution in [0.1, 0.15) is 30.9 Å². The van der Waals surface area contributed by atoms with E-state index < -0.39 is 17.2 Å². The average Bonchev–Trinajstić information content (AvgIpc) is 2.76. The Kier molecular flexibility index (Phi) is 7.06. The Morgan fingerprint density at radius 2 is 1.97 bits per heavy atom. The Morgan fingerprint density at radius 1 is 1.26 bits per heavy atom. The average molecular weight is 423 g/mol. The molecule has 2 aromatic carbocycles. The number of benzene rings is 2. The Hall–Kier alpha value is -4.06. The van der Waals surface area contributed by atoms with Crippen LogP contribution >= 0.6 is 0 Å². The van der Waals surface area contributed by atoms with E-state index in [1.807, 2.05) is 13.0 Å². The second-order valence-corrected chi connectivity index (χ2v) is 6.49. The molecule has 0 saturated heterocycles. The molecule has 0 spiro atoms. The molecular weight excluding hydrogens is 404 g/mol. The van der Waals surface area contributed by atoms with Gasteiger partial charge in [-0.25, -0.2) is 19.2 Å². The molecule has 1 heterocycles. The first-order valence-electron chi connectivity index (χ1n) is 9.54. The van der Waals surface area contributed by atoms with Crippen LogP contribution in [0.5, 0.6) is 5.75 Å². The summed E-state index contributed by atoms with van der Waals surface area (Å²) in [6.07, 6.45) is 2.61. The van der Waals surface area contributed by atoms with Gasteiger partial charge >= 0.3 is 0 Å². The predicted octanol–water partition coefficient (Wildman–Crippen LogP) is 4.21. The lowest BCUT2D eigenvalue weighted by atomic mass is 10.1. The summed E-state index contributed by atoms with van der Waals surface area (Å²) in [6.45, 7) is 2.35. The van der Waals surface area contributed by atoms with Gasteiger partial charge in [0.25, 0.3) is 5.56 Å². The first-order valence-corrected chi connectivity index (χ1v) is 9.54. The highest BCUT2D eigenvalue weighted by Gasteiger charge is 2.13. The van der Waals surface area contributed by atoms with E-state index in [1.165, 1.54) is 0 Å². The van der Waals surface area contributed by atoms with Crippen LogP contribution in [-0.4, -0.2) is 22.8 Å². The topological polar surface area (TPSA) is 103 Å². The number of ether oxygens (including phenoxy) is 1. The van der Waals surface area contributed by atoms with Crippen LogP contribution in [0, 0.1) is 23.0 Å². The second-order valence-electron chi connectivity index (χ2n) is 6.49. The molecule has 158 valence electrons. The molecule has 0 bridgehead atoms. The van der Waals surface area contributed by atoms with Crippen LogP contribution in [0.15, 0.2) is 52.4 Å². The molecule has 31 heavy (non-hydrogen) atoms. The highest BCUT2D eigenvalue weighted by atomic mass is 19.1. The van der Waals surface area contributed by atoms with E-state index in [0.29, 0.717) is 12.2 Å². The van der Waals surface area contributed by atoms with Crippen LogP contribution in [0.25, 0.3) is 11.3 Å². The normalized spacial score (nSPS) is 10.8. The minimum Gasteiger partial charge on any atom is -0.493 e. The summed E-state index contributed by atoms with van der Waals surface area (Å²) in [5.41, 5.74) is 1.96. The maximum Gasteiger partial charge on any atom is 0.270 e. The molecule has 0 saturated carbocycles. The van der Waals surface area contributed by atoms with E-state index in [2.05, 4.69) is 20.5 Å². The predicted molar refractivity (Wildman–Crippen MR) is 113 cm³/mol. The van der Waals surface area contributed by atoms with Crippen molar-refractivity contribution in [3.63, 3.8) is 0 Å². The van der Waals surface area contributed by atoms with Gasteiger partial charge in [-0.3, -0.25) is 9.78 Å². The van der Waals surface area contributed by atoms with Gasteiger partial charge in [0, 0.05) is 17.7 Å². The number of aromatic nitrogens is 2. The monoisotopic (exact) mass is 423 g/mol. The lowest BCUT2D eigenvalue weighted by Gasteiger charge is -2.08. The molecule has 0 aliphatic carbocycles. The standard InChI is InChI=1S/C22H19F2N5O2/c1-2-3-9-31-15-10-18(23)17(19(24)11-15)13-26-29-22-27-20(14-7-5-4-6-8-14)16(12-25)21(30)28-22/h4-8,10-11,13H,2-3,9H2,1H3,(H2,27,28,29,30). The summed E-state index contributed by atoms with van der Waals surface area (Å²) in [6, 6.07) is 12.7. The number of aromatic amines is 1. The van der Waals surface area contributed by atoms with Crippen molar-refractivity contribution in [2.24, 2.45) is 5.10 Å². The van der Waals surface area contributed by atoms with E-state index in [-0.39, 0.29) is 28.5 Å². The fourth-order valence-electron chi connectivity index (χ4n) is 2.69. The summed E-state index contributed by atoms with van der Waals surface area (Å²) in [4.78, 5) is 18.8. The maximum absolute atomic E-state index is 14.2.